The molecule has 1 saturated heterocycles. The summed E-state index contributed by atoms with van der Waals surface area (Å²) in [6.45, 7) is 3.59. The zero-order valence-corrected chi connectivity index (χ0v) is 14.7. The van der Waals surface area contributed by atoms with Crippen LogP contribution in [0.3, 0.4) is 0 Å². The third-order valence-corrected chi connectivity index (χ3v) is 3.80. The Balaban J connectivity index is 0.00000220. The Kier molecular flexibility index (Phi) is 11.3. The summed E-state index contributed by atoms with van der Waals surface area (Å²) >= 11 is 0. The van der Waals surface area contributed by atoms with E-state index in [-0.39, 0.29) is 36.8 Å². The number of carbonyl (C=O) groups is 1. The third-order valence-electron chi connectivity index (χ3n) is 3.80. The highest BCUT2D eigenvalue weighted by Crippen LogP contribution is 2.20. The Hall–Kier alpha value is -0.810. The summed E-state index contributed by atoms with van der Waals surface area (Å²) in [6, 6.07) is 10.4. The van der Waals surface area contributed by atoms with Gasteiger partial charge < -0.3 is 10.6 Å². The summed E-state index contributed by atoms with van der Waals surface area (Å²) in [5.74, 6) is 0.189. The molecule has 0 bridgehead atoms. The van der Waals surface area contributed by atoms with E-state index >= 15 is 0 Å². The van der Waals surface area contributed by atoms with E-state index in [0.29, 0.717) is 0 Å². The van der Waals surface area contributed by atoms with Crippen molar-refractivity contribution in [2.45, 2.75) is 31.8 Å². The number of nitrogens with one attached hydrogen (secondary N) is 2. The van der Waals surface area contributed by atoms with Crippen LogP contribution in [0.1, 0.15) is 24.8 Å². The molecule has 0 aliphatic carbocycles. The van der Waals surface area contributed by atoms with Crippen molar-refractivity contribution in [2.75, 3.05) is 26.7 Å². The molecule has 2 N–H and O–H groups in total. The molecule has 1 fully saturated rings. The first-order chi connectivity index (χ1) is 9.81. The van der Waals surface area contributed by atoms with Gasteiger partial charge in [-0.15, -0.1) is 24.8 Å². The summed E-state index contributed by atoms with van der Waals surface area (Å²) in [5.41, 5.74) is 1.28. The SMILES string of the molecule is CNCCCNC(=O)C1CCCN1Cc1ccccc1.Cl.Cl. The molecular weight excluding hydrogens is 321 g/mol. The molecule has 2 rings (SSSR count). The molecule has 0 saturated carbocycles. The molecule has 1 aromatic carbocycles. The Morgan fingerprint density at radius 3 is 2.64 bits per heavy atom. The minimum Gasteiger partial charge on any atom is -0.355 e. The van der Waals surface area contributed by atoms with E-state index < -0.39 is 0 Å². The zero-order valence-electron chi connectivity index (χ0n) is 13.1. The van der Waals surface area contributed by atoms with Gasteiger partial charge in [0.05, 0.1) is 6.04 Å². The lowest BCUT2D eigenvalue weighted by atomic mass is 10.1. The van der Waals surface area contributed by atoms with Gasteiger partial charge >= 0.3 is 0 Å². The predicted octanol–water partition coefficient (Wildman–Crippen LogP) is 2.22. The molecule has 1 heterocycles. The third kappa shape index (κ3) is 6.53. The highest BCUT2D eigenvalue weighted by Gasteiger charge is 2.30. The first-order valence-electron chi connectivity index (χ1n) is 7.51. The van der Waals surface area contributed by atoms with E-state index in [0.717, 1.165) is 45.4 Å². The van der Waals surface area contributed by atoms with Crippen LogP contribution >= 0.6 is 24.8 Å². The van der Waals surface area contributed by atoms with Crippen LogP contribution < -0.4 is 10.6 Å². The van der Waals surface area contributed by atoms with Crippen LogP contribution in [0.5, 0.6) is 0 Å². The van der Waals surface area contributed by atoms with Crippen LogP contribution in [0.25, 0.3) is 0 Å². The van der Waals surface area contributed by atoms with Crippen molar-refractivity contribution in [2.24, 2.45) is 0 Å². The highest BCUT2D eigenvalue weighted by atomic mass is 35.5. The number of carbonyl (C=O) groups excluding carboxylic acids is 1. The van der Waals surface area contributed by atoms with Gasteiger partial charge in [-0.25, -0.2) is 0 Å². The minimum atomic E-state index is 0. The lowest BCUT2D eigenvalue weighted by Gasteiger charge is -2.23. The zero-order chi connectivity index (χ0) is 14.2. The first kappa shape index (κ1) is 21.2. The van der Waals surface area contributed by atoms with Crippen LogP contribution in [0, 0.1) is 0 Å². The van der Waals surface area contributed by atoms with E-state index in [9.17, 15) is 4.79 Å². The molecule has 1 amide bonds. The van der Waals surface area contributed by atoms with Crippen molar-refractivity contribution >= 4 is 30.7 Å². The second-order valence-corrected chi connectivity index (χ2v) is 5.36. The van der Waals surface area contributed by atoms with E-state index in [4.69, 9.17) is 0 Å². The molecule has 22 heavy (non-hydrogen) atoms. The molecule has 6 heteroatoms. The number of halogens is 2. The van der Waals surface area contributed by atoms with Gasteiger partial charge in [-0.05, 0) is 45.0 Å². The lowest BCUT2D eigenvalue weighted by molar-refractivity contribution is -0.125. The number of nitrogens with zero attached hydrogens (tertiary/aromatic N) is 1. The maximum atomic E-state index is 12.2. The van der Waals surface area contributed by atoms with Crippen molar-refractivity contribution in [3.63, 3.8) is 0 Å². The van der Waals surface area contributed by atoms with Crippen molar-refractivity contribution in [3.8, 4) is 0 Å². The topological polar surface area (TPSA) is 44.4 Å². The van der Waals surface area contributed by atoms with Gasteiger partial charge in [0.25, 0.3) is 0 Å². The van der Waals surface area contributed by atoms with Gasteiger partial charge in [0.15, 0.2) is 0 Å². The van der Waals surface area contributed by atoms with Crippen LogP contribution in [0.4, 0.5) is 0 Å². The first-order valence-corrected chi connectivity index (χ1v) is 7.51. The van der Waals surface area contributed by atoms with Crippen molar-refractivity contribution in [1.29, 1.82) is 0 Å². The molecule has 1 aliphatic heterocycles. The van der Waals surface area contributed by atoms with E-state index in [2.05, 4.69) is 39.8 Å². The summed E-state index contributed by atoms with van der Waals surface area (Å²) in [5, 5.41) is 6.15. The quantitative estimate of drug-likeness (QED) is 0.743. The Bertz CT molecular complexity index is 417. The van der Waals surface area contributed by atoms with Gasteiger partial charge in [-0.1, -0.05) is 30.3 Å². The second-order valence-electron chi connectivity index (χ2n) is 5.36. The van der Waals surface area contributed by atoms with Gasteiger partial charge in [-0.2, -0.15) is 0 Å². The van der Waals surface area contributed by atoms with Crippen LogP contribution in [-0.2, 0) is 11.3 Å². The Morgan fingerprint density at radius 1 is 1.23 bits per heavy atom. The molecule has 1 aromatic rings. The molecule has 126 valence electrons. The standard InChI is InChI=1S/C16H25N3O.2ClH/c1-17-10-6-11-18-16(20)15-9-5-12-19(15)13-14-7-3-2-4-8-14;;/h2-4,7-8,15,17H,5-6,9-13H2,1H3,(H,18,20);2*1H. The number of benzene rings is 1. The summed E-state index contributed by atoms with van der Waals surface area (Å²) in [6.07, 6.45) is 3.07. The van der Waals surface area contributed by atoms with E-state index in [1.165, 1.54) is 5.56 Å². The molecule has 0 radical (unpaired) electrons. The fourth-order valence-electron chi connectivity index (χ4n) is 2.72. The average molecular weight is 348 g/mol. The summed E-state index contributed by atoms with van der Waals surface area (Å²) < 4.78 is 0. The molecule has 1 atom stereocenters. The van der Waals surface area contributed by atoms with E-state index in [1.807, 2.05) is 13.1 Å². The number of likely N-dealkylation sites (tertiary alicyclic amines) is 1. The predicted molar refractivity (Wildman–Crippen MR) is 95.9 cm³/mol. The smallest absolute Gasteiger partial charge is 0.237 e. The number of amides is 1. The maximum absolute atomic E-state index is 12.2. The highest BCUT2D eigenvalue weighted by molar-refractivity contribution is 5.85. The van der Waals surface area contributed by atoms with Crippen molar-refractivity contribution < 1.29 is 4.79 Å². The number of rotatable bonds is 7. The molecule has 1 unspecified atom stereocenters. The number of hydrogen-bond donors (Lipinski definition) is 2. The maximum Gasteiger partial charge on any atom is 0.237 e. The van der Waals surface area contributed by atoms with Gasteiger partial charge in [0.2, 0.25) is 5.91 Å². The van der Waals surface area contributed by atoms with Gasteiger partial charge in [0.1, 0.15) is 0 Å². The van der Waals surface area contributed by atoms with Crippen molar-refractivity contribution in [1.82, 2.24) is 15.5 Å². The van der Waals surface area contributed by atoms with Crippen molar-refractivity contribution in [3.05, 3.63) is 35.9 Å². The minimum absolute atomic E-state index is 0. The fourth-order valence-corrected chi connectivity index (χ4v) is 2.72. The normalized spacial score (nSPS) is 17.4. The Morgan fingerprint density at radius 2 is 1.95 bits per heavy atom. The molecule has 0 aromatic heterocycles. The molecule has 4 nitrogen and oxygen atoms in total. The average Bonchev–Trinajstić information content (AvgIpc) is 2.93. The largest absolute Gasteiger partial charge is 0.355 e. The fraction of sp³-hybridized carbons (Fsp3) is 0.562. The molecular formula is C16H27Cl2N3O. The van der Waals surface area contributed by atoms with E-state index in [1.54, 1.807) is 0 Å². The monoisotopic (exact) mass is 347 g/mol. The lowest BCUT2D eigenvalue weighted by Crippen LogP contribution is -2.43. The van der Waals surface area contributed by atoms with Crippen LogP contribution in [-0.4, -0.2) is 43.5 Å². The summed E-state index contributed by atoms with van der Waals surface area (Å²) in [4.78, 5) is 14.5. The molecule has 1 aliphatic rings. The van der Waals surface area contributed by atoms with Crippen LogP contribution in [0.2, 0.25) is 0 Å². The number of hydrogen-bond acceptors (Lipinski definition) is 3. The Labute approximate surface area is 145 Å². The van der Waals surface area contributed by atoms with Crippen LogP contribution in [0.15, 0.2) is 30.3 Å². The molecule has 0 spiro atoms. The van der Waals surface area contributed by atoms with Gasteiger partial charge in [0, 0.05) is 13.1 Å². The second kappa shape index (κ2) is 11.7. The van der Waals surface area contributed by atoms with Gasteiger partial charge in [-0.3, -0.25) is 9.69 Å². The summed E-state index contributed by atoms with van der Waals surface area (Å²) in [7, 11) is 1.93.